The first kappa shape index (κ1) is 16.7. The van der Waals surface area contributed by atoms with E-state index in [4.69, 9.17) is 0 Å². The number of anilines is 1. The van der Waals surface area contributed by atoms with Gasteiger partial charge in [0, 0.05) is 30.6 Å². The van der Waals surface area contributed by atoms with Crippen molar-refractivity contribution in [2.45, 2.75) is 19.6 Å². The zero-order valence-electron chi connectivity index (χ0n) is 12.9. The van der Waals surface area contributed by atoms with Crippen LogP contribution in [0.25, 0.3) is 11.0 Å². The molecule has 3 aromatic rings. The second kappa shape index (κ2) is 6.04. The molecule has 0 amide bonds. The molecule has 7 nitrogen and oxygen atoms in total. The normalized spacial score (nSPS) is 11.7. The van der Waals surface area contributed by atoms with Crippen LogP contribution in [0.3, 0.4) is 0 Å². The highest BCUT2D eigenvalue weighted by Crippen LogP contribution is 2.32. The molecule has 25 heavy (non-hydrogen) atoms. The molecule has 0 radical (unpaired) electrons. The maximum atomic E-state index is 13.0. The second-order valence-corrected chi connectivity index (χ2v) is 5.25. The zero-order chi connectivity index (χ0) is 18.2. The number of rotatable bonds is 3. The van der Waals surface area contributed by atoms with Gasteiger partial charge >= 0.3 is 6.18 Å². The quantitative estimate of drug-likeness (QED) is 0.704. The van der Waals surface area contributed by atoms with E-state index < -0.39 is 17.3 Å². The van der Waals surface area contributed by atoms with Gasteiger partial charge in [0.2, 0.25) is 0 Å². The van der Waals surface area contributed by atoms with Gasteiger partial charge in [0.25, 0.3) is 5.56 Å². The number of pyridine rings is 2. The summed E-state index contributed by atoms with van der Waals surface area (Å²) in [5.41, 5.74) is -1.02. The van der Waals surface area contributed by atoms with Crippen LogP contribution < -0.4 is 10.9 Å². The number of alkyl halides is 3. The Bertz CT molecular complexity index is 1000. The summed E-state index contributed by atoms with van der Waals surface area (Å²) >= 11 is 0. The summed E-state index contributed by atoms with van der Waals surface area (Å²) < 4.78 is 39.5. The summed E-state index contributed by atoms with van der Waals surface area (Å²) in [7, 11) is 0. The molecule has 0 fully saturated rings. The van der Waals surface area contributed by atoms with E-state index in [1.807, 2.05) is 0 Å². The van der Waals surface area contributed by atoms with Crippen molar-refractivity contribution in [3.63, 3.8) is 0 Å². The van der Waals surface area contributed by atoms with Gasteiger partial charge in [-0.05, 0) is 13.0 Å². The van der Waals surface area contributed by atoms with Crippen LogP contribution in [-0.4, -0.2) is 24.9 Å². The van der Waals surface area contributed by atoms with E-state index in [9.17, 15) is 23.2 Å². The molecule has 130 valence electrons. The van der Waals surface area contributed by atoms with Crippen LogP contribution in [0.2, 0.25) is 0 Å². The minimum atomic E-state index is -4.52. The smallest absolute Gasteiger partial charge is 0.416 e. The fourth-order valence-electron chi connectivity index (χ4n) is 2.47. The monoisotopic (exact) mass is 351 g/mol. The topological polar surface area (TPSA) is 92.9 Å². The fourth-order valence-corrected chi connectivity index (χ4v) is 2.47. The van der Waals surface area contributed by atoms with Gasteiger partial charge in [0.15, 0.2) is 5.65 Å². The Kier molecular flexibility index (Phi) is 4.03. The third-order valence-electron chi connectivity index (χ3n) is 3.64. The Hall–Kier alpha value is -3.17. The van der Waals surface area contributed by atoms with Crippen molar-refractivity contribution in [2.75, 3.05) is 5.32 Å². The van der Waals surface area contributed by atoms with Crippen LogP contribution in [0.15, 0.2) is 35.6 Å². The number of fused-ring (bicyclic) bond motifs is 1. The predicted molar refractivity (Wildman–Crippen MR) is 82.3 cm³/mol. The van der Waals surface area contributed by atoms with E-state index in [-0.39, 0.29) is 23.4 Å². The summed E-state index contributed by atoms with van der Waals surface area (Å²) in [5.74, 6) is 0. The average molecular weight is 351 g/mol. The van der Waals surface area contributed by atoms with Crippen LogP contribution in [0.5, 0.6) is 0 Å². The molecule has 0 saturated heterocycles. The zero-order valence-corrected chi connectivity index (χ0v) is 12.9. The van der Waals surface area contributed by atoms with Crippen molar-refractivity contribution in [1.29, 1.82) is 0 Å². The van der Waals surface area contributed by atoms with E-state index in [1.54, 1.807) is 6.92 Å². The molecule has 2 N–H and O–H groups in total. The SMILES string of the molecule is Cc1ncnc2c1c(NCc1cnccc1C(F)(F)F)cc(=O)n2O. The molecule has 0 atom stereocenters. The number of hydrogen-bond acceptors (Lipinski definition) is 6. The summed E-state index contributed by atoms with van der Waals surface area (Å²) in [6, 6.07) is 1.96. The molecule has 0 unspecified atom stereocenters. The maximum Gasteiger partial charge on any atom is 0.416 e. The Balaban J connectivity index is 2.04. The summed E-state index contributed by atoms with van der Waals surface area (Å²) in [6.45, 7) is 1.41. The largest absolute Gasteiger partial charge is 0.423 e. The first-order chi connectivity index (χ1) is 11.8. The highest BCUT2D eigenvalue weighted by molar-refractivity contribution is 5.90. The standard InChI is InChI=1S/C15H12F3N5O2/c1-8-13-11(4-12(24)23(25)14(13)22-7-21-8)20-6-9-5-19-3-2-10(9)15(16,17)18/h2-5,7,20,25H,6H2,1H3. The lowest BCUT2D eigenvalue weighted by molar-refractivity contribution is -0.138. The van der Waals surface area contributed by atoms with Crippen LogP contribution >= 0.6 is 0 Å². The van der Waals surface area contributed by atoms with Crippen molar-refractivity contribution >= 4 is 16.7 Å². The maximum absolute atomic E-state index is 13.0. The molecule has 0 bridgehead atoms. The van der Waals surface area contributed by atoms with Crippen molar-refractivity contribution in [1.82, 2.24) is 19.7 Å². The Morgan fingerprint density at radius 1 is 1.32 bits per heavy atom. The van der Waals surface area contributed by atoms with Crippen molar-refractivity contribution in [3.05, 3.63) is 58.0 Å². The number of nitrogens with zero attached hydrogens (tertiary/aromatic N) is 4. The van der Waals surface area contributed by atoms with Gasteiger partial charge in [0.1, 0.15) is 6.33 Å². The Morgan fingerprint density at radius 2 is 2.08 bits per heavy atom. The average Bonchev–Trinajstić information content (AvgIpc) is 2.56. The van der Waals surface area contributed by atoms with Gasteiger partial charge in [-0.15, -0.1) is 4.73 Å². The van der Waals surface area contributed by atoms with Crippen LogP contribution in [-0.2, 0) is 12.7 Å². The fraction of sp³-hybridized carbons (Fsp3) is 0.200. The van der Waals surface area contributed by atoms with Crippen molar-refractivity contribution in [3.8, 4) is 0 Å². The van der Waals surface area contributed by atoms with E-state index in [0.29, 0.717) is 15.8 Å². The lowest BCUT2D eigenvalue weighted by Gasteiger charge is -2.15. The molecule has 0 aliphatic heterocycles. The highest BCUT2D eigenvalue weighted by Gasteiger charge is 2.33. The number of nitrogens with one attached hydrogen (secondary N) is 1. The van der Waals surface area contributed by atoms with Gasteiger partial charge in [-0.1, -0.05) is 0 Å². The molecular formula is C15H12F3N5O2. The summed E-state index contributed by atoms with van der Waals surface area (Å²) in [6.07, 6.45) is -1.17. The van der Waals surface area contributed by atoms with Gasteiger partial charge in [0.05, 0.1) is 22.3 Å². The molecule has 0 spiro atoms. The lowest BCUT2D eigenvalue weighted by atomic mass is 10.1. The summed E-state index contributed by atoms with van der Waals surface area (Å²) in [5, 5.41) is 12.9. The van der Waals surface area contributed by atoms with Crippen LogP contribution in [0, 0.1) is 6.92 Å². The molecule has 0 aliphatic carbocycles. The first-order valence-electron chi connectivity index (χ1n) is 7.09. The van der Waals surface area contributed by atoms with E-state index in [2.05, 4.69) is 20.3 Å². The Morgan fingerprint density at radius 3 is 2.80 bits per heavy atom. The van der Waals surface area contributed by atoms with Crippen LogP contribution in [0.4, 0.5) is 18.9 Å². The Labute approximate surface area is 138 Å². The number of aromatic nitrogens is 4. The van der Waals surface area contributed by atoms with Gasteiger partial charge in [-0.25, -0.2) is 9.97 Å². The molecule has 0 saturated carbocycles. The third kappa shape index (κ3) is 3.10. The molecule has 3 rings (SSSR count). The minimum Gasteiger partial charge on any atom is -0.423 e. The first-order valence-corrected chi connectivity index (χ1v) is 7.09. The number of hydrogen-bond donors (Lipinski definition) is 2. The number of aryl methyl sites for hydroxylation is 1. The van der Waals surface area contributed by atoms with Gasteiger partial charge in [-0.3, -0.25) is 9.78 Å². The van der Waals surface area contributed by atoms with Crippen LogP contribution in [0.1, 0.15) is 16.8 Å². The minimum absolute atomic E-state index is 0.0373. The van der Waals surface area contributed by atoms with E-state index >= 15 is 0 Å². The highest BCUT2D eigenvalue weighted by atomic mass is 19.4. The molecule has 0 aromatic carbocycles. The van der Waals surface area contributed by atoms with E-state index in [1.165, 1.54) is 6.33 Å². The molecule has 3 heterocycles. The molecular weight excluding hydrogens is 339 g/mol. The van der Waals surface area contributed by atoms with Gasteiger partial charge < -0.3 is 10.5 Å². The molecule has 10 heteroatoms. The summed E-state index contributed by atoms with van der Waals surface area (Å²) in [4.78, 5) is 23.4. The molecule has 3 aromatic heterocycles. The second-order valence-electron chi connectivity index (χ2n) is 5.25. The van der Waals surface area contributed by atoms with Crippen molar-refractivity contribution < 1.29 is 18.4 Å². The van der Waals surface area contributed by atoms with Gasteiger partial charge in [-0.2, -0.15) is 13.2 Å². The lowest BCUT2D eigenvalue weighted by Crippen LogP contribution is -2.20. The third-order valence-corrected chi connectivity index (χ3v) is 3.64. The van der Waals surface area contributed by atoms with E-state index in [0.717, 1.165) is 24.5 Å². The molecule has 0 aliphatic rings. The predicted octanol–water partition coefficient (Wildman–Crippen LogP) is 2.36. The number of halogens is 3. The van der Waals surface area contributed by atoms with Crippen molar-refractivity contribution in [2.24, 2.45) is 0 Å².